The average Bonchev–Trinajstić information content (AvgIpc) is 3.31. The number of amides is 1. The third kappa shape index (κ3) is 6.63. The standard InChI is InChI=1S/C27H33BN4O6/c1-17(2)13-19(28-37-26(35)22-9-10-23(32(22)3)27(36)38-28)15-24(33)20(14-18-7-5-4-6-8-18)31-25(34)21-16-29-11-12-30-21/h4-8,11-12,16-17,19-20,22-23H,9-10,13-15H2,1-3H3,(H,31,34)/t19-,20+,22-,23+/m1/s1. The van der Waals surface area contributed by atoms with Crippen molar-refractivity contribution in [3.05, 3.63) is 60.2 Å². The van der Waals surface area contributed by atoms with Gasteiger partial charge in [0.25, 0.3) is 5.91 Å². The minimum Gasteiger partial charge on any atom is -0.498 e. The first-order valence-corrected chi connectivity index (χ1v) is 13.0. The number of ketones is 1. The second-order valence-electron chi connectivity index (χ2n) is 10.4. The predicted molar refractivity (Wildman–Crippen MR) is 139 cm³/mol. The summed E-state index contributed by atoms with van der Waals surface area (Å²) in [7, 11) is 0.542. The van der Waals surface area contributed by atoms with Crippen LogP contribution in [0.1, 0.15) is 55.6 Å². The van der Waals surface area contributed by atoms with E-state index in [-0.39, 0.29) is 30.2 Å². The topological polar surface area (TPSA) is 128 Å². The average molecular weight is 520 g/mol. The lowest BCUT2D eigenvalue weighted by molar-refractivity contribution is -0.151. The van der Waals surface area contributed by atoms with Gasteiger partial charge < -0.3 is 14.6 Å². The number of hydrogen-bond donors (Lipinski definition) is 1. The molecule has 0 spiro atoms. The highest BCUT2D eigenvalue weighted by Gasteiger charge is 2.49. The van der Waals surface area contributed by atoms with Gasteiger partial charge in [0.15, 0.2) is 5.78 Å². The fraction of sp³-hybridized carbons (Fsp3) is 0.481. The summed E-state index contributed by atoms with van der Waals surface area (Å²) < 4.78 is 11.4. The first-order valence-electron chi connectivity index (χ1n) is 13.0. The summed E-state index contributed by atoms with van der Waals surface area (Å²) in [6.07, 6.45) is 5.93. The zero-order valence-electron chi connectivity index (χ0n) is 21.9. The first-order chi connectivity index (χ1) is 18.2. The maximum absolute atomic E-state index is 13.7. The van der Waals surface area contributed by atoms with E-state index < -0.39 is 48.9 Å². The van der Waals surface area contributed by atoms with Gasteiger partial charge in [0.05, 0.1) is 12.2 Å². The Kier molecular flexibility index (Phi) is 8.88. The smallest absolute Gasteiger partial charge is 0.498 e. The van der Waals surface area contributed by atoms with Gasteiger partial charge in [0, 0.05) is 24.6 Å². The molecule has 1 aromatic carbocycles. The van der Waals surface area contributed by atoms with Crippen LogP contribution in [-0.2, 0) is 30.1 Å². The van der Waals surface area contributed by atoms with Crippen LogP contribution in [0.3, 0.4) is 0 Å². The fourth-order valence-corrected chi connectivity index (χ4v) is 5.15. The van der Waals surface area contributed by atoms with Crippen LogP contribution >= 0.6 is 0 Å². The minimum atomic E-state index is -1.17. The highest BCUT2D eigenvalue weighted by atomic mass is 16.6. The Bertz CT molecular complexity index is 1120. The lowest BCUT2D eigenvalue weighted by atomic mass is 9.64. The molecule has 0 saturated carbocycles. The second-order valence-corrected chi connectivity index (χ2v) is 10.4. The van der Waals surface area contributed by atoms with Crippen LogP contribution in [0.2, 0.25) is 5.82 Å². The van der Waals surface area contributed by atoms with E-state index >= 15 is 0 Å². The summed E-state index contributed by atoms with van der Waals surface area (Å²) in [5.41, 5.74) is 0.966. The van der Waals surface area contributed by atoms with Crippen molar-refractivity contribution in [1.82, 2.24) is 20.2 Å². The molecule has 4 rings (SSSR count). The molecule has 3 heterocycles. The van der Waals surface area contributed by atoms with E-state index in [0.717, 1.165) is 5.56 Å². The van der Waals surface area contributed by atoms with Gasteiger partial charge in [0.1, 0.15) is 17.8 Å². The normalized spacial score (nSPS) is 21.2. The lowest BCUT2D eigenvalue weighted by Gasteiger charge is -2.32. The molecule has 10 nitrogen and oxygen atoms in total. The minimum absolute atomic E-state index is 0.0488. The molecule has 11 heteroatoms. The summed E-state index contributed by atoms with van der Waals surface area (Å²) >= 11 is 0. The fourth-order valence-electron chi connectivity index (χ4n) is 5.15. The molecule has 4 atom stereocenters. The van der Waals surface area contributed by atoms with Crippen molar-refractivity contribution >= 4 is 30.7 Å². The van der Waals surface area contributed by atoms with E-state index in [9.17, 15) is 19.2 Å². The van der Waals surface area contributed by atoms with Crippen molar-refractivity contribution < 1.29 is 28.5 Å². The monoisotopic (exact) mass is 520 g/mol. The van der Waals surface area contributed by atoms with Crippen LogP contribution in [0.25, 0.3) is 0 Å². The van der Waals surface area contributed by atoms with Crippen molar-refractivity contribution in [1.29, 1.82) is 0 Å². The highest BCUT2D eigenvalue weighted by Crippen LogP contribution is 2.33. The van der Waals surface area contributed by atoms with Gasteiger partial charge >= 0.3 is 19.1 Å². The van der Waals surface area contributed by atoms with Gasteiger partial charge in [-0.1, -0.05) is 44.2 Å². The van der Waals surface area contributed by atoms with Gasteiger partial charge in [-0.15, -0.1) is 0 Å². The number of aromatic nitrogens is 2. The number of carbonyl (C=O) groups excluding carboxylic acids is 4. The number of rotatable bonds is 10. The highest BCUT2D eigenvalue weighted by molar-refractivity contribution is 6.51. The van der Waals surface area contributed by atoms with Crippen LogP contribution in [0.4, 0.5) is 0 Å². The molecule has 2 saturated heterocycles. The van der Waals surface area contributed by atoms with Crippen LogP contribution in [0, 0.1) is 5.92 Å². The third-order valence-electron chi connectivity index (χ3n) is 7.10. The summed E-state index contributed by atoms with van der Waals surface area (Å²) in [4.78, 5) is 62.0. The summed E-state index contributed by atoms with van der Waals surface area (Å²) in [5, 5.41) is 2.80. The summed E-state index contributed by atoms with van der Waals surface area (Å²) in [6.45, 7) is 3.97. The van der Waals surface area contributed by atoms with E-state index in [2.05, 4.69) is 15.3 Å². The Morgan fingerprint density at radius 2 is 1.74 bits per heavy atom. The molecule has 2 bridgehead atoms. The van der Waals surface area contributed by atoms with Gasteiger partial charge in [0.2, 0.25) is 0 Å². The van der Waals surface area contributed by atoms with Gasteiger partial charge in [-0.3, -0.25) is 29.1 Å². The van der Waals surface area contributed by atoms with Crippen LogP contribution in [0.5, 0.6) is 0 Å². The Morgan fingerprint density at radius 1 is 1.08 bits per heavy atom. The van der Waals surface area contributed by atoms with E-state index in [1.54, 1.807) is 11.9 Å². The number of nitrogens with one attached hydrogen (secondary N) is 1. The molecule has 1 aromatic heterocycles. The number of carbonyl (C=O) groups is 4. The predicted octanol–water partition coefficient (Wildman–Crippen LogP) is 2.24. The Hall–Kier alpha value is -3.60. The number of hydrogen-bond acceptors (Lipinski definition) is 9. The third-order valence-corrected chi connectivity index (χ3v) is 7.10. The van der Waals surface area contributed by atoms with E-state index in [1.807, 2.05) is 44.2 Å². The molecule has 0 radical (unpaired) electrons. The lowest BCUT2D eigenvalue weighted by Crippen LogP contribution is -2.51. The van der Waals surface area contributed by atoms with E-state index in [0.29, 0.717) is 19.3 Å². The van der Waals surface area contributed by atoms with Crippen LogP contribution in [0.15, 0.2) is 48.9 Å². The molecule has 200 valence electrons. The van der Waals surface area contributed by atoms with E-state index in [4.69, 9.17) is 9.31 Å². The zero-order chi connectivity index (χ0) is 27.2. The number of fused-ring (bicyclic) bond motifs is 2. The molecule has 2 fully saturated rings. The van der Waals surface area contributed by atoms with Crippen molar-refractivity contribution in [3.63, 3.8) is 0 Å². The van der Waals surface area contributed by atoms with Gasteiger partial charge in [-0.25, -0.2) is 4.98 Å². The molecule has 0 unspecified atom stereocenters. The zero-order valence-corrected chi connectivity index (χ0v) is 21.9. The number of benzene rings is 1. The largest absolute Gasteiger partial charge is 0.602 e. The summed E-state index contributed by atoms with van der Waals surface area (Å²) in [6, 6.07) is 7.47. The van der Waals surface area contributed by atoms with Gasteiger partial charge in [-0.05, 0) is 44.2 Å². The molecule has 0 aliphatic carbocycles. The Balaban J connectivity index is 1.55. The number of Topliss-reactive ketones (excluding diaryl/α,β-unsaturated/α-hetero) is 1. The number of nitrogens with zero attached hydrogens (tertiary/aromatic N) is 3. The molecular weight excluding hydrogens is 487 g/mol. The van der Waals surface area contributed by atoms with Gasteiger partial charge in [-0.2, -0.15) is 0 Å². The molecule has 1 N–H and O–H groups in total. The molecule has 2 aliphatic rings. The Morgan fingerprint density at radius 3 is 2.32 bits per heavy atom. The van der Waals surface area contributed by atoms with Crippen LogP contribution < -0.4 is 5.32 Å². The molecule has 38 heavy (non-hydrogen) atoms. The number of likely N-dealkylation sites (N-methyl/N-ethyl adjacent to an activating group) is 1. The van der Waals surface area contributed by atoms with Crippen LogP contribution in [-0.4, -0.2) is 70.8 Å². The second kappa shape index (κ2) is 12.3. The molecule has 1 amide bonds. The SMILES string of the molecule is CC(C)C[C@H](CC(=O)[C@H](Cc1ccccc1)NC(=O)c1cnccn1)B1OC(=O)[C@H]2CC[C@@H](C(=O)O1)N2C. The molecular formula is C27H33BN4O6. The quantitative estimate of drug-likeness (QED) is 0.469. The first kappa shape index (κ1) is 27.4. The van der Waals surface area contributed by atoms with E-state index in [1.165, 1.54) is 18.6 Å². The maximum Gasteiger partial charge on any atom is 0.602 e. The molecule has 2 aromatic rings. The Labute approximate surface area is 222 Å². The van der Waals surface area contributed by atoms with Crippen molar-refractivity contribution in [2.45, 2.75) is 69.9 Å². The van der Waals surface area contributed by atoms with Crippen molar-refractivity contribution in [3.8, 4) is 0 Å². The summed E-state index contributed by atoms with van der Waals surface area (Å²) in [5.74, 6) is -2.11. The maximum atomic E-state index is 13.7. The van der Waals surface area contributed by atoms with Crippen molar-refractivity contribution in [2.24, 2.45) is 5.92 Å². The van der Waals surface area contributed by atoms with Crippen molar-refractivity contribution in [2.75, 3.05) is 7.05 Å². The molecule has 2 aliphatic heterocycles.